The molecule has 0 bridgehead atoms. The summed E-state index contributed by atoms with van der Waals surface area (Å²) in [7, 11) is 0. The normalized spacial score (nSPS) is 38.5. The molecule has 0 radical (unpaired) electrons. The van der Waals surface area contributed by atoms with Crippen molar-refractivity contribution in [1.82, 2.24) is 20.0 Å². The zero-order valence-corrected chi connectivity index (χ0v) is 15.0. The van der Waals surface area contributed by atoms with E-state index in [2.05, 4.69) is 22.5 Å². The number of amides is 1. The topological polar surface area (TPSA) is 95.6 Å². The molecule has 1 aliphatic carbocycles. The first-order chi connectivity index (χ1) is 12.7. The summed E-state index contributed by atoms with van der Waals surface area (Å²) < 4.78 is 5.94. The minimum atomic E-state index is -0.380. The van der Waals surface area contributed by atoms with Gasteiger partial charge in [-0.15, -0.1) is 0 Å². The number of carbonyl (C=O) groups excluding carboxylic acids is 1. The Morgan fingerprint density at radius 2 is 2.00 bits per heavy atom. The van der Waals surface area contributed by atoms with Gasteiger partial charge in [-0.2, -0.15) is 10.5 Å². The van der Waals surface area contributed by atoms with Crippen LogP contribution in [-0.4, -0.2) is 78.4 Å². The van der Waals surface area contributed by atoms with Crippen LogP contribution in [0.1, 0.15) is 25.7 Å². The van der Waals surface area contributed by atoms with Crippen LogP contribution in [0.5, 0.6) is 0 Å². The first-order valence-electron chi connectivity index (χ1n) is 9.66. The lowest BCUT2D eigenvalue weighted by molar-refractivity contribution is -0.159. The third-order valence-electron chi connectivity index (χ3n) is 6.37. The Kier molecular flexibility index (Phi) is 4.99. The minimum absolute atomic E-state index is 0.0490. The Morgan fingerprint density at radius 1 is 1.15 bits per heavy atom. The van der Waals surface area contributed by atoms with E-state index >= 15 is 0 Å². The van der Waals surface area contributed by atoms with E-state index in [1.165, 1.54) is 0 Å². The van der Waals surface area contributed by atoms with E-state index in [4.69, 9.17) is 10.00 Å². The highest BCUT2D eigenvalue weighted by atomic mass is 16.5. The Labute approximate surface area is 154 Å². The molecular weight excluding hydrogens is 332 g/mol. The van der Waals surface area contributed by atoms with Gasteiger partial charge in [-0.25, -0.2) is 0 Å². The second-order valence-electron chi connectivity index (χ2n) is 7.84. The number of ether oxygens (including phenoxy) is 1. The molecule has 0 spiro atoms. The SMILES string of the molecule is N#CC1CCCC(C2COC(N3CCN4CCN(C#N)C[C@@H]4C3=O)N2)C1. The van der Waals surface area contributed by atoms with Crippen molar-refractivity contribution in [2.24, 2.45) is 11.8 Å². The second-order valence-corrected chi connectivity index (χ2v) is 7.84. The van der Waals surface area contributed by atoms with Crippen molar-refractivity contribution in [3.05, 3.63) is 0 Å². The number of nitrogens with one attached hydrogen (secondary N) is 1. The fourth-order valence-corrected chi connectivity index (χ4v) is 4.82. The van der Waals surface area contributed by atoms with Gasteiger partial charge in [0.25, 0.3) is 0 Å². The smallest absolute Gasteiger partial charge is 0.244 e. The van der Waals surface area contributed by atoms with Crippen molar-refractivity contribution >= 4 is 5.91 Å². The fraction of sp³-hybridized carbons (Fsp3) is 0.833. The lowest BCUT2D eigenvalue weighted by Gasteiger charge is -2.46. The summed E-state index contributed by atoms with van der Waals surface area (Å²) in [6, 6.07) is 2.37. The number of piperazine rings is 2. The number of carbonyl (C=O) groups is 1. The molecule has 4 fully saturated rings. The largest absolute Gasteiger partial charge is 0.343 e. The molecule has 1 saturated carbocycles. The lowest BCUT2D eigenvalue weighted by atomic mass is 9.78. The molecule has 4 unspecified atom stereocenters. The maximum atomic E-state index is 13.0. The fourth-order valence-electron chi connectivity index (χ4n) is 4.82. The Bertz CT molecular complexity index is 628. The number of hydrogen-bond acceptors (Lipinski definition) is 7. The van der Waals surface area contributed by atoms with Gasteiger partial charge in [-0.3, -0.25) is 15.0 Å². The molecule has 4 rings (SSSR count). The van der Waals surface area contributed by atoms with E-state index in [9.17, 15) is 10.1 Å². The van der Waals surface area contributed by atoms with Gasteiger partial charge in [0, 0.05) is 38.1 Å². The Balaban J connectivity index is 1.37. The van der Waals surface area contributed by atoms with E-state index in [-0.39, 0.29) is 30.3 Å². The van der Waals surface area contributed by atoms with Crippen molar-refractivity contribution in [3.8, 4) is 12.3 Å². The molecule has 26 heavy (non-hydrogen) atoms. The van der Waals surface area contributed by atoms with Crippen LogP contribution in [0.15, 0.2) is 0 Å². The number of nitrogens with zero attached hydrogens (tertiary/aromatic N) is 5. The average Bonchev–Trinajstić information content (AvgIpc) is 3.18. The van der Waals surface area contributed by atoms with Crippen molar-refractivity contribution in [2.45, 2.75) is 44.1 Å². The standard InChI is InChI=1S/C18H26N6O2/c19-9-13-2-1-3-14(8-13)15-11-26-18(21-15)24-7-6-23-5-4-22(12-20)10-16(23)17(24)25/h13-16,18,21H,1-8,10-11H2/t13?,14?,15?,16-,18?/m1/s1. The highest BCUT2D eigenvalue weighted by Crippen LogP contribution is 2.33. The van der Waals surface area contributed by atoms with Gasteiger partial charge in [0.05, 0.1) is 19.2 Å². The van der Waals surface area contributed by atoms with Crippen LogP contribution in [0.25, 0.3) is 0 Å². The molecule has 8 nitrogen and oxygen atoms in total. The van der Waals surface area contributed by atoms with Crippen LogP contribution in [0.3, 0.4) is 0 Å². The maximum Gasteiger partial charge on any atom is 0.244 e. The maximum absolute atomic E-state index is 13.0. The third kappa shape index (κ3) is 3.25. The molecule has 5 atom stereocenters. The summed E-state index contributed by atoms with van der Waals surface area (Å²) in [4.78, 5) is 18.6. The van der Waals surface area contributed by atoms with Gasteiger partial charge in [0.1, 0.15) is 6.04 Å². The summed E-state index contributed by atoms with van der Waals surface area (Å²) >= 11 is 0. The first-order valence-corrected chi connectivity index (χ1v) is 9.66. The van der Waals surface area contributed by atoms with Gasteiger partial charge in [-0.1, -0.05) is 6.42 Å². The highest BCUT2D eigenvalue weighted by molar-refractivity contribution is 5.83. The summed E-state index contributed by atoms with van der Waals surface area (Å²) in [6.07, 6.45) is 5.92. The summed E-state index contributed by atoms with van der Waals surface area (Å²) in [6.45, 7) is 3.99. The van der Waals surface area contributed by atoms with Gasteiger partial charge >= 0.3 is 0 Å². The quantitative estimate of drug-likeness (QED) is 0.689. The summed E-state index contributed by atoms with van der Waals surface area (Å²) in [5.41, 5.74) is 0. The summed E-state index contributed by atoms with van der Waals surface area (Å²) in [5, 5.41) is 21.8. The molecular formula is C18H26N6O2. The zero-order valence-electron chi connectivity index (χ0n) is 15.0. The summed E-state index contributed by atoms with van der Waals surface area (Å²) in [5.74, 6) is 0.644. The predicted molar refractivity (Wildman–Crippen MR) is 92.0 cm³/mol. The number of hydrogen-bond donors (Lipinski definition) is 1. The van der Waals surface area contributed by atoms with Gasteiger partial charge < -0.3 is 14.5 Å². The highest BCUT2D eigenvalue weighted by Gasteiger charge is 2.44. The molecule has 0 aromatic carbocycles. The van der Waals surface area contributed by atoms with Gasteiger partial charge in [-0.05, 0) is 25.2 Å². The number of rotatable bonds is 2. The monoisotopic (exact) mass is 358 g/mol. The van der Waals surface area contributed by atoms with Crippen molar-refractivity contribution in [1.29, 1.82) is 10.5 Å². The molecule has 4 aliphatic rings. The van der Waals surface area contributed by atoms with E-state index < -0.39 is 0 Å². The van der Waals surface area contributed by atoms with Gasteiger partial charge in [0.15, 0.2) is 12.5 Å². The Morgan fingerprint density at radius 3 is 2.81 bits per heavy atom. The second kappa shape index (κ2) is 7.40. The van der Waals surface area contributed by atoms with Crippen molar-refractivity contribution in [2.75, 3.05) is 39.3 Å². The number of fused-ring (bicyclic) bond motifs is 1. The number of nitriles is 2. The van der Waals surface area contributed by atoms with Crippen LogP contribution >= 0.6 is 0 Å². The molecule has 140 valence electrons. The molecule has 0 aromatic rings. The minimum Gasteiger partial charge on any atom is -0.343 e. The molecule has 3 heterocycles. The van der Waals surface area contributed by atoms with Crippen LogP contribution in [0.4, 0.5) is 0 Å². The molecule has 8 heteroatoms. The van der Waals surface area contributed by atoms with E-state index in [0.29, 0.717) is 32.2 Å². The first kappa shape index (κ1) is 17.5. The van der Waals surface area contributed by atoms with Crippen LogP contribution in [0, 0.1) is 34.6 Å². The van der Waals surface area contributed by atoms with E-state index in [0.717, 1.165) is 38.8 Å². The molecule has 3 aliphatic heterocycles. The van der Waals surface area contributed by atoms with Crippen molar-refractivity contribution < 1.29 is 9.53 Å². The molecule has 1 N–H and O–H groups in total. The van der Waals surface area contributed by atoms with Crippen LogP contribution < -0.4 is 5.32 Å². The molecule has 0 aromatic heterocycles. The molecule has 3 saturated heterocycles. The van der Waals surface area contributed by atoms with Crippen molar-refractivity contribution in [3.63, 3.8) is 0 Å². The van der Waals surface area contributed by atoms with Crippen LogP contribution in [-0.2, 0) is 9.53 Å². The lowest BCUT2D eigenvalue weighted by Crippen LogP contribution is -2.67. The molecule has 1 amide bonds. The average molecular weight is 358 g/mol. The van der Waals surface area contributed by atoms with E-state index in [1.807, 2.05) is 0 Å². The van der Waals surface area contributed by atoms with Crippen LogP contribution in [0.2, 0.25) is 0 Å². The van der Waals surface area contributed by atoms with Gasteiger partial charge in [0.2, 0.25) is 5.91 Å². The predicted octanol–water partition coefficient (Wildman–Crippen LogP) is -0.102. The third-order valence-corrected chi connectivity index (χ3v) is 6.37. The zero-order chi connectivity index (χ0) is 18.1. The van der Waals surface area contributed by atoms with E-state index in [1.54, 1.807) is 9.80 Å². The Hall–Kier alpha value is -1.87.